The van der Waals surface area contributed by atoms with E-state index in [-0.39, 0.29) is 5.75 Å². The zero-order valence-corrected chi connectivity index (χ0v) is 13.1. The first kappa shape index (κ1) is 15.7. The molecule has 3 aromatic rings. The van der Waals surface area contributed by atoms with Gasteiger partial charge in [0.25, 0.3) is 0 Å². The van der Waals surface area contributed by atoms with Crippen LogP contribution in [0.5, 0.6) is 5.75 Å². The van der Waals surface area contributed by atoms with Crippen LogP contribution in [0, 0.1) is 0 Å². The summed E-state index contributed by atoms with van der Waals surface area (Å²) in [5.74, 6) is -0.314. The second-order valence-corrected chi connectivity index (χ2v) is 5.28. The van der Waals surface area contributed by atoms with Crippen molar-refractivity contribution in [3.63, 3.8) is 0 Å². The van der Waals surface area contributed by atoms with Crippen LogP contribution < -0.4 is 0 Å². The van der Waals surface area contributed by atoms with Gasteiger partial charge in [0.15, 0.2) is 0 Å². The standard InChI is InChI=1S/C18H17N3O3/c1-2-18(23)24-11-5-6-13-9-10-17(22)16(12-13)21-19-14-7-3-4-8-15(14)20-21/h2-4,7-10,12,22H,1,5-6,11H2. The number of aromatic nitrogens is 3. The number of aromatic hydroxyl groups is 1. The lowest BCUT2D eigenvalue weighted by molar-refractivity contribution is -0.137. The van der Waals surface area contributed by atoms with Crippen LogP contribution in [-0.2, 0) is 16.0 Å². The van der Waals surface area contributed by atoms with E-state index in [0.29, 0.717) is 25.1 Å². The van der Waals surface area contributed by atoms with Crippen molar-refractivity contribution in [1.29, 1.82) is 0 Å². The smallest absolute Gasteiger partial charge is 0.330 e. The molecular formula is C18H17N3O3. The van der Waals surface area contributed by atoms with Gasteiger partial charge in [0.05, 0.1) is 6.61 Å². The van der Waals surface area contributed by atoms with Crippen molar-refractivity contribution in [3.8, 4) is 11.4 Å². The van der Waals surface area contributed by atoms with Crippen molar-refractivity contribution in [3.05, 3.63) is 60.7 Å². The molecule has 0 radical (unpaired) electrons. The van der Waals surface area contributed by atoms with E-state index in [9.17, 15) is 9.90 Å². The lowest BCUT2D eigenvalue weighted by Gasteiger charge is -2.07. The van der Waals surface area contributed by atoms with E-state index < -0.39 is 5.97 Å². The maximum absolute atomic E-state index is 11.0. The summed E-state index contributed by atoms with van der Waals surface area (Å²) in [5, 5.41) is 18.9. The molecule has 0 aliphatic heterocycles. The molecule has 6 nitrogen and oxygen atoms in total. The third kappa shape index (κ3) is 3.43. The van der Waals surface area contributed by atoms with Crippen molar-refractivity contribution in [2.24, 2.45) is 0 Å². The molecule has 0 bridgehead atoms. The van der Waals surface area contributed by atoms with Crippen molar-refractivity contribution in [1.82, 2.24) is 15.0 Å². The number of nitrogens with zero attached hydrogens (tertiary/aromatic N) is 3. The topological polar surface area (TPSA) is 77.2 Å². The van der Waals surface area contributed by atoms with Gasteiger partial charge in [0.2, 0.25) is 0 Å². The van der Waals surface area contributed by atoms with Gasteiger partial charge in [-0.05, 0) is 42.7 Å². The third-order valence-corrected chi connectivity index (χ3v) is 3.56. The fourth-order valence-electron chi connectivity index (χ4n) is 2.36. The van der Waals surface area contributed by atoms with Gasteiger partial charge >= 0.3 is 5.97 Å². The summed E-state index contributed by atoms with van der Waals surface area (Å²) < 4.78 is 4.96. The van der Waals surface area contributed by atoms with Gasteiger partial charge in [-0.2, -0.15) is 0 Å². The van der Waals surface area contributed by atoms with Gasteiger partial charge in [-0.3, -0.25) is 0 Å². The molecule has 0 saturated carbocycles. The monoisotopic (exact) mass is 323 g/mol. The summed E-state index contributed by atoms with van der Waals surface area (Å²) in [6, 6.07) is 12.8. The van der Waals surface area contributed by atoms with Crippen molar-refractivity contribution < 1.29 is 14.6 Å². The average Bonchev–Trinajstić information content (AvgIpc) is 3.03. The predicted octanol–water partition coefficient (Wildman–Crippen LogP) is 2.79. The predicted molar refractivity (Wildman–Crippen MR) is 90.0 cm³/mol. The summed E-state index contributed by atoms with van der Waals surface area (Å²) >= 11 is 0. The van der Waals surface area contributed by atoms with Gasteiger partial charge in [-0.25, -0.2) is 4.79 Å². The van der Waals surface area contributed by atoms with Gasteiger partial charge < -0.3 is 9.84 Å². The molecule has 24 heavy (non-hydrogen) atoms. The number of carbonyl (C=O) groups is 1. The molecule has 3 rings (SSSR count). The molecule has 122 valence electrons. The van der Waals surface area contributed by atoms with Crippen LogP contribution in [-0.4, -0.2) is 32.7 Å². The summed E-state index contributed by atoms with van der Waals surface area (Å²) in [6.45, 7) is 3.68. The third-order valence-electron chi connectivity index (χ3n) is 3.56. The number of hydrogen-bond acceptors (Lipinski definition) is 5. The van der Waals surface area contributed by atoms with Gasteiger partial charge in [-0.15, -0.1) is 15.0 Å². The number of ether oxygens (including phenoxy) is 1. The molecule has 0 aliphatic carbocycles. The van der Waals surface area contributed by atoms with Crippen LogP contribution in [0.15, 0.2) is 55.1 Å². The first-order valence-corrected chi connectivity index (χ1v) is 7.61. The summed E-state index contributed by atoms with van der Waals surface area (Å²) in [4.78, 5) is 12.4. The normalized spacial score (nSPS) is 10.7. The van der Waals surface area contributed by atoms with Crippen molar-refractivity contribution in [2.75, 3.05) is 6.61 Å². The Morgan fingerprint density at radius 2 is 1.92 bits per heavy atom. The number of rotatable bonds is 6. The molecule has 0 aliphatic rings. The van der Waals surface area contributed by atoms with Crippen LogP contribution in [0.3, 0.4) is 0 Å². The molecule has 0 saturated heterocycles. The molecule has 0 atom stereocenters. The van der Waals surface area contributed by atoms with Crippen molar-refractivity contribution in [2.45, 2.75) is 12.8 Å². The highest BCUT2D eigenvalue weighted by Gasteiger charge is 2.09. The van der Waals surface area contributed by atoms with Crippen LogP contribution in [0.25, 0.3) is 16.7 Å². The highest BCUT2D eigenvalue weighted by Crippen LogP contribution is 2.23. The fourth-order valence-corrected chi connectivity index (χ4v) is 2.36. The second kappa shape index (κ2) is 6.95. The lowest BCUT2D eigenvalue weighted by Crippen LogP contribution is -2.04. The number of aryl methyl sites for hydroxylation is 1. The van der Waals surface area contributed by atoms with Gasteiger partial charge in [0, 0.05) is 6.08 Å². The average molecular weight is 323 g/mol. The zero-order chi connectivity index (χ0) is 16.9. The number of benzene rings is 2. The van der Waals surface area contributed by atoms with E-state index in [0.717, 1.165) is 22.7 Å². The Morgan fingerprint density at radius 3 is 2.58 bits per heavy atom. The SMILES string of the molecule is C=CC(=O)OCCCc1ccc(O)c(-n2nc3ccccc3n2)c1. The highest BCUT2D eigenvalue weighted by molar-refractivity contribution is 5.81. The van der Waals surface area contributed by atoms with Gasteiger partial charge in [0.1, 0.15) is 22.5 Å². The molecule has 0 spiro atoms. The maximum atomic E-state index is 11.0. The molecule has 0 unspecified atom stereocenters. The van der Waals surface area contributed by atoms with Crippen molar-refractivity contribution >= 4 is 17.0 Å². The Balaban J connectivity index is 1.76. The molecule has 1 aromatic heterocycles. The van der Waals surface area contributed by atoms with E-state index >= 15 is 0 Å². The van der Waals surface area contributed by atoms with E-state index in [2.05, 4.69) is 16.8 Å². The fraction of sp³-hybridized carbons (Fsp3) is 0.167. The van der Waals surface area contributed by atoms with Crippen LogP contribution in [0.2, 0.25) is 0 Å². The number of phenols is 1. The number of hydrogen-bond donors (Lipinski definition) is 1. The first-order valence-electron chi connectivity index (χ1n) is 7.61. The Morgan fingerprint density at radius 1 is 1.21 bits per heavy atom. The molecule has 2 aromatic carbocycles. The van der Waals surface area contributed by atoms with Crippen LogP contribution in [0.4, 0.5) is 0 Å². The largest absolute Gasteiger partial charge is 0.506 e. The minimum absolute atomic E-state index is 0.108. The van der Waals surface area contributed by atoms with E-state index in [1.54, 1.807) is 6.07 Å². The molecule has 0 amide bonds. The Kier molecular flexibility index (Phi) is 4.56. The molecular weight excluding hydrogens is 306 g/mol. The Bertz CT molecular complexity index is 853. The first-order chi connectivity index (χ1) is 11.7. The molecule has 1 N–H and O–H groups in total. The lowest BCUT2D eigenvalue weighted by atomic mass is 10.1. The number of phenolic OH excluding ortho intramolecular Hbond substituents is 1. The van der Waals surface area contributed by atoms with E-state index in [1.807, 2.05) is 36.4 Å². The molecule has 1 heterocycles. The number of esters is 1. The second-order valence-electron chi connectivity index (χ2n) is 5.28. The summed E-state index contributed by atoms with van der Waals surface area (Å²) in [6.07, 6.45) is 2.53. The van der Waals surface area contributed by atoms with Gasteiger partial charge in [-0.1, -0.05) is 24.8 Å². The minimum Gasteiger partial charge on any atom is -0.506 e. The zero-order valence-electron chi connectivity index (χ0n) is 13.1. The Hall–Kier alpha value is -3.15. The summed E-state index contributed by atoms with van der Waals surface area (Å²) in [7, 11) is 0. The van der Waals surface area contributed by atoms with Crippen LogP contribution in [0.1, 0.15) is 12.0 Å². The number of carbonyl (C=O) groups excluding carboxylic acids is 1. The molecule has 6 heteroatoms. The van der Waals surface area contributed by atoms with E-state index in [1.165, 1.54) is 4.80 Å². The Labute approximate surface area is 139 Å². The highest BCUT2D eigenvalue weighted by atomic mass is 16.5. The summed E-state index contributed by atoms with van der Waals surface area (Å²) in [5.41, 5.74) is 3.04. The minimum atomic E-state index is -0.422. The number of fused-ring (bicyclic) bond motifs is 1. The van der Waals surface area contributed by atoms with E-state index in [4.69, 9.17) is 4.74 Å². The maximum Gasteiger partial charge on any atom is 0.330 e. The quantitative estimate of drug-likeness (QED) is 0.429. The van der Waals surface area contributed by atoms with Crippen LogP contribution >= 0.6 is 0 Å². The molecule has 0 fully saturated rings.